The van der Waals surface area contributed by atoms with Gasteiger partial charge in [0, 0.05) is 12.6 Å². The average Bonchev–Trinajstić information content (AvgIpc) is 2.70. The summed E-state index contributed by atoms with van der Waals surface area (Å²) in [4.78, 5) is 0. The third-order valence-electron chi connectivity index (χ3n) is 2.29. The summed E-state index contributed by atoms with van der Waals surface area (Å²) in [5, 5.41) is 3.41. The van der Waals surface area contributed by atoms with Crippen LogP contribution in [-0.2, 0) is 11.3 Å². The second kappa shape index (κ2) is 7.49. The van der Waals surface area contributed by atoms with Crippen molar-refractivity contribution in [1.29, 1.82) is 0 Å². The van der Waals surface area contributed by atoms with E-state index in [2.05, 4.69) is 19.2 Å². The van der Waals surface area contributed by atoms with Gasteiger partial charge in [-0.05, 0) is 25.5 Å². The van der Waals surface area contributed by atoms with Gasteiger partial charge in [-0.15, -0.1) is 0 Å². The number of rotatable bonds is 8. The Hall–Kier alpha value is -0.800. The van der Waals surface area contributed by atoms with E-state index in [1.807, 2.05) is 12.1 Å². The molecule has 86 valence electrons. The number of hydrogen-bond acceptors (Lipinski definition) is 3. The molecule has 3 nitrogen and oxygen atoms in total. The zero-order valence-electron chi connectivity index (χ0n) is 9.66. The van der Waals surface area contributed by atoms with Crippen molar-refractivity contribution in [2.45, 2.75) is 39.3 Å². The fourth-order valence-electron chi connectivity index (χ4n) is 1.48. The highest BCUT2D eigenvalue weighted by Crippen LogP contribution is 2.01. The molecular formula is C12H21NO2. The van der Waals surface area contributed by atoms with E-state index in [1.165, 1.54) is 12.8 Å². The molecule has 0 bridgehead atoms. The van der Waals surface area contributed by atoms with Gasteiger partial charge in [-0.1, -0.05) is 13.3 Å². The van der Waals surface area contributed by atoms with Crippen LogP contribution in [0.3, 0.4) is 0 Å². The van der Waals surface area contributed by atoms with E-state index in [0.717, 1.165) is 18.9 Å². The molecule has 1 rings (SSSR count). The van der Waals surface area contributed by atoms with E-state index in [9.17, 15) is 0 Å². The van der Waals surface area contributed by atoms with Crippen LogP contribution in [0.2, 0.25) is 0 Å². The van der Waals surface area contributed by atoms with E-state index in [-0.39, 0.29) is 0 Å². The number of ether oxygens (including phenoxy) is 1. The van der Waals surface area contributed by atoms with Crippen molar-refractivity contribution in [3.8, 4) is 0 Å². The fraction of sp³-hybridized carbons (Fsp3) is 0.667. The predicted molar refractivity (Wildman–Crippen MR) is 60.7 cm³/mol. The summed E-state index contributed by atoms with van der Waals surface area (Å²) in [7, 11) is 0. The van der Waals surface area contributed by atoms with Gasteiger partial charge in [-0.2, -0.15) is 0 Å². The lowest BCUT2D eigenvalue weighted by Crippen LogP contribution is -2.29. The summed E-state index contributed by atoms with van der Waals surface area (Å²) >= 11 is 0. The van der Waals surface area contributed by atoms with E-state index >= 15 is 0 Å². The standard InChI is InChI=1S/C12H21NO2/c1-3-5-11(2)13-7-9-14-10-12-6-4-8-15-12/h4,6,8,11,13H,3,5,7,9-10H2,1-2H3. The number of furan rings is 1. The van der Waals surface area contributed by atoms with E-state index in [1.54, 1.807) is 6.26 Å². The largest absolute Gasteiger partial charge is 0.467 e. The van der Waals surface area contributed by atoms with Crippen molar-refractivity contribution in [2.24, 2.45) is 0 Å². The van der Waals surface area contributed by atoms with Crippen LogP contribution in [0.4, 0.5) is 0 Å². The van der Waals surface area contributed by atoms with Crippen LogP contribution < -0.4 is 5.32 Å². The molecule has 15 heavy (non-hydrogen) atoms. The molecule has 0 fully saturated rings. The lowest BCUT2D eigenvalue weighted by atomic mass is 10.2. The maximum atomic E-state index is 5.45. The molecule has 1 unspecified atom stereocenters. The SMILES string of the molecule is CCCC(C)NCCOCc1ccco1. The van der Waals surface area contributed by atoms with E-state index in [0.29, 0.717) is 12.6 Å². The average molecular weight is 211 g/mol. The molecule has 0 spiro atoms. The minimum Gasteiger partial charge on any atom is -0.467 e. The Balaban J connectivity index is 1.93. The second-order valence-electron chi connectivity index (χ2n) is 3.78. The highest BCUT2D eigenvalue weighted by molar-refractivity contribution is 4.95. The van der Waals surface area contributed by atoms with Gasteiger partial charge < -0.3 is 14.5 Å². The van der Waals surface area contributed by atoms with Crippen LogP contribution in [0, 0.1) is 0 Å². The maximum Gasteiger partial charge on any atom is 0.129 e. The predicted octanol–water partition coefficient (Wildman–Crippen LogP) is 2.57. The molecule has 0 radical (unpaired) electrons. The Kier molecular flexibility index (Phi) is 6.12. The molecule has 1 N–H and O–H groups in total. The second-order valence-corrected chi connectivity index (χ2v) is 3.78. The van der Waals surface area contributed by atoms with Gasteiger partial charge in [0.05, 0.1) is 12.9 Å². The molecule has 0 aromatic carbocycles. The number of hydrogen-bond donors (Lipinski definition) is 1. The molecule has 0 saturated heterocycles. The Morgan fingerprint density at radius 2 is 2.40 bits per heavy atom. The molecule has 0 aliphatic heterocycles. The molecule has 1 aromatic rings. The highest BCUT2D eigenvalue weighted by atomic mass is 16.5. The third-order valence-corrected chi connectivity index (χ3v) is 2.29. The Labute approximate surface area is 91.8 Å². The van der Waals surface area contributed by atoms with Crippen molar-refractivity contribution in [2.75, 3.05) is 13.2 Å². The van der Waals surface area contributed by atoms with Crippen LogP contribution in [0.1, 0.15) is 32.4 Å². The summed E-state index contributed by atoms with van der Waals surface area (Å²) in [6.45, 7) is 6.61. The van der Waals surface area contributed by atoms with Crippen molar-refractivity contribution >= 4 is 0 Å². The number of nitrogens with one attached hydrogen (secondary N) is 1. The zero-order chi connectivity index (χ0) is 10.9. The molecule has 0 aliphatic rings. The summed E-state index contributed by atoms with van der Waals surface area (Å²) in [6.07, 6.45) is 4.11. The van der Waals surface area contributed by atoms with Crippen molar-refractivity contribution in [3.05, 3.63) is 24.2 Å². The summed E-state index contributed by atoms with van der Waals surface area (Å²) < 4.78 is 10.6. The van der Waals surface area contributed by atoms with Gasteiger partial charge >= 0.3 is 0 Å². The van der Waals surface area contributed by atoms with E-state index < -0.39 is 0 Å². The van der Waals surface area contributed by atoms with Crippen molar-refractivity contribution in [3.63, 3.8) is 0 Å². The van der Waals surface area contributed by atoms with Crippen LogP contribution in [-0.4, -0.2) is 19.2 Å². The molecule has 0 amide bonds. The zero-order valence-corrected chi connectivity index (χ0v) is 9.66. The van der Waals surface area contributed by atoms with Gasteiger partial charge in [-0.25, -0.2) is 0 Å². The van der Waals surface area contributed by atoms with Gasteiger partial charge in [-0.3, -0.25) is 0 Å². The van der Waals surface area contributed by atoms with Crippen LogP contribution in [0.5, 0.6) is 0 Å². The van der Waals surface area contributed by atoms with Crippen LogP contribution in [0.15, 0.2) is 22.8 Å². The molecule has 1 atom stereocenters. The first-order chi connectivity index (χ1) is 7.33. The van der Waals surface area contributed by atoms with Crippen LogP contribution >= 0.6 is 0 Å². The minimum absolute atomic E-state index is 0.566. The van der Waals surface area contributed by atoms with E-state index in [4.69, 9.17) is 9.15 Å². The summed E-state index contributed by atoms with van der Waals surface area (Å²) in [6, 6.07) is 4.38. The fourth-order valence-corrected chi connectivity index (χ4v) is 1.48. The molecule has 1 aromatic heterocycles. The van der Waals surface area contributed by atoms with Crippen molar-refractivity contribution < 1.29 is 9.15 Å². The topological polar surface area (TPSA) is 34.4 Å². The quantitative estimate of drug-likeness (QED) is 0.671. The normalized spacial score (nSPS) is 12.9. The third kappa shape index (κ3) is 5.60. The smallest absolute Gasteiger partial charge is 0.129 e. The minimum atomic E-state index is 0.566. The van der Waals surface area contributed by atoms with Crippen LogP contribution in [0.25, 0.3) is 0 Å². The summed E-state index contributed by atoms with van der Waals surface area (Å²) in [5.74, 6) is 0.886. The summed E-state index contributed by atoms with van der Waals surface area (Å²) in [5.41, 5.74) is 0. The van der Waals surface area contributed by atoms with Gasteiger partial charge in [0.1, 0.15) is 12.4 Å². The van der Waals surface area contributed by atoms with Gasteiger partial charge in [0.15, 0.2) is 0 Å². The molecular weight excluding hydrogens is 190 g/mol. The Morgan fingerprint density at radius 3 is 3.07 bits per heavy atom. The first kappa shape index (κ1) is 12.3. The molecule has 1 heterocycles. The van der Waals surface area contributed by atoms with Gasteiger partial charge in [0.25, 0.3) is 0 Å². The maximum absolute atomic E-state index is 5.45. The lowest BCUT2D eigenvalue weighted by Gasteiger charge is -2.12. The van der Waals surface area contributed by atoms with Crippen molar-refractivity contribution in [1.82, 2.24) is 5.32 Å². The first-order valence-corrected chi connectivity index (χ1v) is 5.66. The monoisotopic (exact) mass is 211 g/mol. The Bertz CT molecular complexity index is 234. The molecule has 0 aliphatic carbocycles. The Morgan fingerprint density at radius 1 is 1.53 bits per heavy atom. The van der Waals surface area contributed by atoms with Gasteiger partial charge in [0.2, 0.25) is 0 Å². The molecule has 3 heteroatoms. The lowest BCUT2D eigenvalue weighted by molar-refractivity contribution is 0.106. The first-order valence-electron chi connectivity index (χ1n) is 5.66. The highest BCUT2D eigenvalue weighted by Gasteiger charge is 1.99. The molecule has 0 saturated carbocycles.